The molecular formula is C84H92O18. The SMILES string of the molecule is COC(=O)[C@]12CCC(C)(C)C[C@H]1C1=CC[C@@H]3[C@@]4(C)CC[C@H](O[C@H]5OC[C@H](OC(=O)c6ccccc6)[C@H](OC(=O)c6ccccc6)[C@H]5O[C@@H]5O[C@@H](C)[C@H](OC(=O)c6ccccc6)[C@@H](OC(=O)c6ccccc6)[C@H]5OC(=O)c5ccccc5)[C@@](C)(COC(=O)c5ccccc5)[C@@H]4CC[C@@]3(C)[C@]1(C)CC2. The van der Waals surface area contributed by atoms with Gasteiger partial charge in [-0.2, -0.15) is 0 Å². The van der Waals surface area contributed by atoms with Gasteiger partial charge in [0.05, 0.1) is 71.3 Å². The Bertz CT molecular complexity index is 4040. The summed E-state index contributed by atoms with van der Waals surface area (Å²) in [6.45, 7) is 15.2. The molecule has 0 radical (unpaired) electrons. The summed E-state index contributed by atoms with van der Waals surface area (Å²) >= 11 is 0. The van der Waals surface area contributed by atoms with Crippen LogP contribution < -0.4 is 0 Å². The van der Waals surface area contributed by atoms with Crippen LogP contribution >= 0.6 is 0 Å². The zero-order valence-corrected chi connectivity index (χ0v) is 59.2. The summed E-state index contributed by atoms with van der Waals surface area (Å²) in [7, 11) is 1.53. The van der Waals surface area contributed by atoms with Crippen LogP contribution in [0.15, 0.2) is 194 Å². The first kappa shape index (κ1) is 71.6. The van der Waals surface area contributed by atoms with Crippen molar-refractivity contribution >= 4 is 41.8 Å². The van der Waals surface area contributed by atoms with Gasteiger partial charge in [-0.05, 0) is 183 Å². The van der Waals surface area contributed by atoms with Gasteiger partial charge in [0.1, 0.15) is 0 Å². The number of fused-ring (bicyclic) bond motifs is 7. The monoisotopic (exact) mass is 1390 g/mol. The van der Waals surface area contributed by atoms with Gasteiger partial charge in [0.2, 0.25) is 0 Å². The first-order chi connectivity index (χ1) is 49.0. The summed E-state index contributed by atoms with van der Waals surface area (Å²) in [4.78, 5) is 102. The Balaban J connectivity index is 0.915. The first-order valence-corrected chi connectivity index (χ1v) is 35.9. The van der Waals surface area contributed by atoms with Crippen LogP contribution in [0.5, 0.6) is 0 Å². The molecule has 2 saturated heterocycles. The smallest absolute Gasteiger partial charge is 0.338 e. The Labute approximate surface area is 596 Å². The molecule has 18 nitrogen and oxygen atoms in total. The van der Waals surface area contributed by atoms with Gasteiger partial charge in [-0.3, -0.25) is 4.79 Å². The van der Waals surface area contributed by atoms with Crippen molar-refractivity contribution in [2.24, 2.45) is 50.2 Å². The standard InChI is InChI=1S/C84H92O18/c1-52-65(98-72(87)55-31-19-11-20-32-55)67(100-74(89)57-35-23-13-24-36-57)69(101-75(90)58-37-25-14-26-38-58)77(95-52)102-68-66(99-73(88)56-33-21-12-22-34-56)61(96-71(86)54-29-17-10-18-30-54)50-93-76(68)97-64-42-43-80(4)62(81(64,5)51-94-70(85)53-27-15-9-16-28-53)41-44-83(7)63(80)40-39-59-60-49-79(2,3)45-47-84(60,78(91)92-8)48-46-82(59,83)6/h9-39,52,60-69,76-77H,40-51H2,1-8H3/t52-,60-,61-,62+,63+,64-,65-,66-,67+,68+,69+,76+,77-,80-,81-,82+,83+,84-/m0/s1. The highest BCUT2D eigenvalue weighted by atomic mass is 16.8. The largest absolute Gasteiger partial charge is 0.469 e. The molecule has 0 unspecified atom stereocenters. The third-order valence-electron chi connectivity index (χ3n) is 24.5. The second kappa shape index (κ2) is 29.1. The van der Waals surface area contributed by atoms with E-state index >= 15 is 0 Å². The van der Waals surface area contributed by atoms with Crippen molar-refractivity contribution in [2.45, 2.75) is 174 Å². The number of hydrogen-bond donors (Lipinski definition) is 0. The minimum atomic E-state index is -1.82. The van der Waals surface area contributed by atoms with Crippen LogP contribution in [-0.4, -0.2) is 124 Å². The van der Waals surface area contributed by atoms with E-state index in [1.807, 2.05) is 6.07 Å². The van der Waals surface area contributed by atoms with Gasteiger partial charge in [-0.25, -0.2) is 28.8 Å². The zero-order chi connectivity index (χ0) is 71.8. The summed E-state index contributed by atoms with van der Waals surface area (Å²) in [5, 5.41) is 0. The molecule has 6 aromatic carbocycles. The van der Waals surface area contributed by atoms with Crippen LogP contribution in [0.3, 0.4) is 0 Å². The number of carbonyl (C=O) groups excluding carboxylic acids is 7. The van der Waals surface area contributed by atoms with Gasteiger partial charge in [-0.15, -0.1) is 0 Å². The Morgan fingerprint density at radius 3 is 1.43 bits per heavy atom. The molecule has 536 valence electrons. The Kier molecular flexibility index (Phi) is 20.5. The lowest BCUT2D eigenvalue weighted by Gasteiger charge is -2.71. The van der Waals surface area contributed by atoms with E-state index in [0.717, 1.165) is 44.9 Å². The summed E-state index contributed by atoms with van der Waals surface area (Å²) in [5.74, 6) is -4.81. The molecule has 0 N–H and O–H groups in total. The third kappa shape index (κ3) is 13.6. The van der Waals surface area contributed by atoms with Crippen LogP contribution in [0.2, 0.25) is 0 Å². The molecule has 102 heavy (non-hydrogen) atoms. The predicted molar refractivity (Wildman–Crippen MR) is 374 cm³/mol. The number of methoxy groups -OCH3 is 1. The van der Waals surface area contributed by atoms with Crippen LogP contribution in [-0.2, 0) is 56.9 Å². The number of benzene rings is 6. The minimum absolute atomic E-state index is 0.0318. The Morgan fingerprint density at radius 2 is 0.922 bits per heavy atom. The van der Waals surface area contributed by atoms with Crippen molar-refractivity contribution in [2.75, 3.05) is 20.3 Å². The maximum Gasteiger partial charge on any atom is 0.338 e. The van der Waals surface area contributed by atoms with E-state index in [-0.39, 0.29) is 74.4 Å². The topological polar surface area (TPSA) is 221 Å². The molecule has 4 saturated carbocycles. The fourth-order valence-corrected chi connectivity index (χ4v) is 18.8. The van der Waals surface area contributed by atoms with Crippen LogP contribution in [0.25, 0.3) is 0 Å². The highest BCUT2D eigenvalue weighted by Crippen LogP contribution is 2.76. The lowest BCUT2D eigenvalue weighted by molar-refractivity contribution is -0.363. The van der Waals surface area contributed by atoms with Crippen molar-refractivity contribution < 1.29 is 85.7 Å². The molecule has 0 bridgehead atoms. The van der Waals surface area contributed by atoms with Crippen molar-refractivity contribution in [3.8, 4) is 0 Å². The molecule has 13 rings (SSSR count). The van der Waals surface area contributed by atoms with E-state index in [2.05, 4.69) is 47.6 Å². The lowest BCUT2D eigenvalue weighted by atomic mass is 9.33. The summed E-state index contributed by atoms with van der Waals surface area (Å²) in [5.41, 5.74) is 0.0264. The van der Waals surface area contributed by atoms with E-state index in [1.165, 1.54) is 24.8 Å². The molecule has 18 heteroatoms. The van der Waals surface area contributed by atoms with E-state index in [9.17, 15) is 33.6 Å². The third-order valence-corrected chi connectivity index (χ3v) is 24.5. The quantitative estimate of drug-likeness (QED) is 0.0338. The molecule has 0 spiro atoms. The van der Waals surface area contributed by atoms with Gasteiger partial charge in [0.15, 0.2) is 49.2 Å². The molecule has 0 amide bonds. The molecule has 7 aliphatic rings. The average Bonchev–Trinajstić information content (AvgIpc) is 0.675. The van der Waals surface area contributed by atoms with Crippen molar-refractivity contribution in [1.29, 1.82) is 0 Å². The van der Waals surface area contributed by atoms with Gasteiger partial charge < -0.3 is 52.1 Å². The molecule has 2 aliphatic heterocycles. The summed E-state index contributed by atoms with van der Waals surface area (Å²) in [6.07, 6.45) is -5.05. The number of carbonyl (C=O) groups is 7. The normalized spacial score (nSPS) is 33.6. The van der Waals surface area contributed by atoms with Crippen LogP contribution in [0.1, 0.15) is 175 Å². The van der Waals surface area contributed by atoms with Crippen molar-refractivity contribution in [1.82, 2.24) is 0 Å². The predicted octanol–water partition coefficient (Wildman–Crippen LogP) is 14.8. The molecule has 18 atom stereocenters. The van der Waals surface area contributed by atoms with E-state index in [0.29, 0.717) is 24.8 Å². The summed E-state index contributed by atoms with van der Waals surface area (Å²) in [6, 6.07) is 49.8. The molecule has 2 heterocycles. The van der Waals surface area contributed by atoms with E-state index in [1.54, 1.807) is 171 Å². The number of allylic oxidation sites excluding steroid dienone is 2. The number of rotatable bonds is 18. The fraction of sp³-hybridized carbons (Fsp3) is 0.464. The van der Waals surface area contributed by atoms with Crippen LogP contribution in [0, 0.1) is 50.2 Å². The molecular weight excluding hydrogens is 1300 g/mol. The Hall–Kier alpha value is -8.81. The number of hydrogen-bond acceptors (Lipinski definition) is 18. The maximum atomic E-state index is 14.9. The number of esters is 7. The minimum Gasteiger partial charge on any atom is -0.469 e. The second-order valence-electron chi connectivity index (χ2n) is 30.7. The maximum absolute atomic E-state index is 14.9. The lowest BCUT2D eigenvalue weighted by Crippen LogP contribution is -2.67. The van der Waals surface area contributed by atoms with E-state index in [4.69, 9.17) is 52.1 Å². The molecule has 6 aromatic rings. The highest BCUT2D eigenvalue weighted by molar-refractivity contribution is 5.92. The Morgan fingerprint density at radius 1 is 0.461 bits per heavy atom. The van der Waals surface area contributed by atoms with Gasteiger partial charge in [-0.1, -0.05) is 162 Å². The molecule has 0 aromatic heterocycles. The molecule has 6 fully saturated rings. The summed E-state index contributed by atoms with van der Waals surface area (Å²) < 4.78 is 73.2. The number of ether oxygens (including phenoxy) is 11. The highest BCUT2D eigenvalue weighted by Gasteiger charge is 2.71. The van der Waals surface area contributed by atoms with Gasteiger partial charge in [0.25, 0.3) is 0 Å². The average molecular weight is 1390 g/mol. The second-order valence-corrected chi connectivity index (χ2v) is 30.7. The zero-order valence-electron chi connectivity index (χ0n) is 59.2. The van der Waals surface area contributed by atoms with Gasteiger partial charge in [0, 0.05) is 5.41 Å². The fourth-order valence-electron chi connectivity index (χ4n) is 18.8. The van der Waals surface area contributed by atoms with Crippen molar-refractivity contribution in [3.63, 3.8) is 0 Å². The van der Waals surface area contributed by atoms with Crippen molar-refractivity contribution in [3.05, 3.63) is 227 Å². The van der Waals surface area contributed by atoms with Gasteiger partial charge >= 0.3 is 41.8 Å². The first-order valence-electron chi connectivity index (χ1n) is 35.9. The molecule has 5 aliphatic carbocycles. The van der Waals surface area contributed by atoms with Crippen LogP contribution in [0.4, 0.5) is 0 Å². The van der Waals surface area contributed by atoms with E-state index < -0.39 is 120 Å².